The van der Waals surface area contributed by atoms with Gasteiger partial charge in [-0.05, 0) is 37.3 Å². The molecule has 35 heavy (non-hydrogen) atoms. The van der Waals surface area contributed by atoms with E-state index in [1.54, 1.807) is 23.6 Å². The molecule has 6 aromatic rings. The predicted molar refractivity (Wildman–Crippen MR) is 136 cm³/mol. The van der Waals surface area contributed by atoms with Crippen LogP contribution in [0.15, 0.2) is 97.1 Å². The molecule has 6 rings (SSSR count). The zero-order valence-electron chi connectivity index (χ0n) is 18.9. The van der Waals surface area contributed by atoms with Crippen LogP contribution in [0.3, 0.4) is 0 Å². The molecule has 6 nitrogen and oxygen atoms in total. The number of imidazole rings is 1. The van der Waals surface area contributed by atoms with Crippen molar-refractivity contribution in [2.24, 2.45) is 0 Å². The Morgan fingerprint density at radius 1 is 0.800 bits per heavy atom. The molecule has 0 spiro atoms. The fraction of sp³-hybridized carbons (Fsp3) is 0.0690. The minimum absolute atomic E-state index is 0.308. The molecule has 1 N–H and O–H groups in total. The Balaban J connectivity index is 1.34. The number of ether oxygens (including phenoxy) is 1. The van der Waals surface area contributed by atoms with E-state index >= 15 is 0 Å². The first kappa shape index (κ1) is 20.9. The number of aromatic amines is 1. The van der Waals surface area contributed by atoms with Crippen LogP contribution in [-0.4, -0.2) is 32.5 Å². The molecule has 0 radical (unpaired) electrons. The van der Waals surface area contributed by atoms with E-state index < -0.39 is 12.1 Å². The Morgan fingerprint density at radius 3 is 2.11 bits per heavy atom. The maximum absolute atomic E-state index is 13.5. The van der Waals surface area contributed by atoms with Gasteiger partial charge < -0.3 is 9.72 Å². The Labute approximate surface area is 200 Å². The lowest BCUT2D eigenvalue weighted by Gasteiger charge is -2.15. The van der Waals surface area contributed by atoms with Gasteiger partial charge in [-0.15, -0.1) is 0 Å². The van der Waals surface area contributed by atoms with Gasteiger partial charge in [0.15, 0.2) is 6.10 Å². The van der Waals surface area contributed by atoms with Crippen molar-refractivity contribution in [2.75, 3.05) is 0 Å². The van der Waals surface area contributed by atoms with Gasteiger partial charge in [0.25, 0.3) is 5.91 Å². The number of aromatic nitrogens is 3. The topological polar surface area (TPSA) is 77.0 Å². The molecule has 2 heterocycles. The number of H-pyrrole nitrogens is 1. The SMILES string of the molecule is CC(OC(=O)c1ccccc1-c1nc2ccccc2[nH]1)C(=O)n1c2ccccc2c2ccccc21. The number of hydrogen-bond donors (Lipinski definition) is 1. The van der Waals surface area contributed by atoms with Crippen LogP contribution in [0, 0.1) is 0 Å². The number of nitrogens with one attached hydrogen (secondary N) is 1. The highest BCUT2D eigenvalue weighted by Gasteiger charge is 2.25. The number of hydrogen-bond acceptors (Lipinski definition) is 4. The van der Waals surface area contributed by atoms with E-state index in [9.17, 15) is 9.59 Å². The summed E-state index contributed by atoms with van der Waals surface area (Å²) in [7, 11) is 0. The fourth-order valence-electron chi connectivity index (χ4n) is 4.56. The van der Waals surface area contributed by atoms with E-state index in [1.165, 1.54) is 0 Å². The Kier molecular flexibility index (Phi) is 4.92. The first-order chi connectivity index (χ1) is 17.1. The Morgan fingerprint density at radius 2 is 1.40 bits per heavy atom. The van der Waals surface area contributed by atoms with Gasteiger partial charge in [0.2, 0.25) is 0 Å². The van der Waals surface area contributed by atoms with E-state index in [2.05, 4.69) is 9.97 Å². The summed E-state index contributed by atoms with van der Waals surface area (Å²) in [6.07, 6.45) is -0.995. The molecule has 0 saturated carbocycles. The molecule has 1 atom stereocenters. The number of benzene rings is 4. The second-order valence-electron chi connectivity index (χ2n) is 8.40. The second kappa shape index (κ2) is 8.25. The van der Waals surface area contributed by atoms with Gasteiger partial charge in [-0.25, -0.2) is 9.78 Å². The molecule has 4 aromatic carbocycles. The van der Waals surface area contributed by atoms with Gasteiger partial charge >= 0.3 is 5.97 Å². The van der Waals surface area contributed by atoms with Gasteiger partial charge in [0.05, 0.1) is 27.6 Å². The summed E-state index contributed by atoms with van der Waals surface area (Å²) in [4.78, 5) is 34.7. The second-order valence-corrected chi connectivity index (χ2v) is 8.40. The number of carbonyl (C=O) groups excluding carboxylic acids is 2. The van der Waals surface area contributed by atoms with Crippen LogP contribution in [0.5, 0.6) is 0 Å². The smallest absolute Gasteiger partial charge is 0.339 e. The van der Waals surface area contributed by atoms with Crippen molar-refractivity contribution in [1.82, 2.24) is 14.5 Å². The van der Waals surface area contributed by atoms with Crippen LogP contribution in [0.4, 0.5) is 0 Å². The first-order valence-electron chi connectivity index (χ1n) is 11.4. The molecule has 2 aromatic heterocycles. The van der Waals surface area contributed by atoms with E-state index in [-0.39, 0.29) is 5.91 Å². The predicted octanol–water partition coefficient (Wildman–Crippen LogP) is 6.22. The highest BCUT2D eigenvalue weighted by molar-refractivity contribution is 6.14. The quantitative estimate of drug-likeness (QED) is 0.317. The molecule has 0 aliphatic heterocycles. The zero-order valence-corrected chi connectivity index (χ0v) is 18.9. The molecule has 1 unspecified atom stereocenters. The van der Waals surface area contributed by atoms with Crippen LogP contribution in [0.2, 0.25) is 0 Å². The molecular formula is C29H21N3O3. The molecule has 0 amide bonds. The van der Waals surface area contributed by atoms with Crippen molar-refractivity contribution < 1.29 is 14.3 Å². The summed E-state index contributed by atoms with van der Waals surface area (Å²) < 4.78 is 7.34. The third-order valence-electron chi connectivity index (χ3n) is 6.22. The van der Waals surface area contributed by atoms with E-state index in [1.807, 2.05) is 84.9 Å². The molecule has 6 heteroatoms. The van der Waals surface area contributed by atoms with Crippen molar-refractivity contribution in [3.05, 3.63) is 103 Å². The van der Waals surface area contributed by atoms with Crippen molar-refractivity contribution in [3.63, 3.8) is 0 Å². The highest BCUT2D eigenvalue weighted by atomic mass is 16.5. The number of esters is 1. The highest BCUT2D eigenvalue weighted by Crippen LogP contribution is 2.30. The number of carbonyl (C=O) groups is 2. The average Bonchev–Trinajstić information content (AvgIpc) is 3.47. The molecule has 0 aliphatic carbocycles. The van der Waals surface area contributed by atoms with Gasteiger partial charge in [-0.3, -0.25) is 9.36 Å². The lowest BCUT2D eigenvalue weighted by molar-refractivity contribution is 0.0289. The summed E-state index contributed by atoms with van der Waals surface area (Å²) in [5, 5.41) is 1.95. The molecule has 0 saturated heterocycles. The largest absolute Gasteiger partial charge is 0.449 e. The third-order valence-corrected chi connectivity index (χ3v) is 6.22. The maximum atomic E-state index is 13.5. The molecular weight excluding hydrogens is 438 g/mol. The summed E-state index contributed by atoms with van der Waals surface area (Å²) in [6.45, 7) is 1.60. The van der Waals surface area contributed by atoms with E-state index in [4.69, 9.17) is 4.74 Å². The number of rotatable bonds is 4. The monoisotopic (exact) mass is 459 g/mol. The van der Waals surface area contributed by atoms with Crippen LogP contribution in [-0.2, 0) is 4.74 Å². The average molecular weight is 460 g/mol. The number of para-hydroxylation sites is 4. The van der Waals surface area contributed by atoms with Crippen molar-refractivity contribution in [3.8, 4) is 11.4 Å². The normalized spacial score (nSPS) is 12.3. The van der Waals surface area contributed by atoms with Gasteiger partial charge in [0, 0.05) is 16.3 Å². The minimum Gasteiger partial charge on any atom is -0.449 e. The van der Waals surface area contributed by atoms with Crippen LogP contribution < -0.4 is 0 Å². The lowest BCUT2D eigenvalue weighted by Crippen LogP contribution is -2.29. The Bertz CT molecular complexity index is 1660. The van der Waals surface area contributed by atoms with Crippen LogP contribution >= 0.6 is 0 Å². The molecule has 0 aliphatic rings. The van der Waals surface area contributed by atoms with Crippen molar-refractivity contribution in [1.29, 1.82) is 0 Å². The van der Waals surface area contributed by atoms with Gasteiger partial charge in [-0.2, -0.15) is 0 Å². The van der Waals surface area contributed by atoms with Crippen molar-refractivity contribution in [2.45, 2.75) is 13.0 Å². The molecule has 0 fully saturated rings. The number of fused-ring (bicyclic) bond motifs is 4. The fourth-order valence-corrected chi connectivity index (χ4v) is 4.56. The molecule has 170 valence electrons. The van der Waals surface area contributed by atoms with Gasteiger partial charge in [0.1, 0.15) is 5.82 Å². The summed E-state index contributed by atoms with van der Waals surface area (Å²) in [6, 6.07) is 30.2. The summed E-state index contributed by atoms with van der Waals surface area (Å²) in [5.41, 5.74) is 4.20. The minimum atomic E-state index is -0.995. The number of nitrogens with zero attached hydrogens (tertiary/aromatic N) is 2. The van der Waals surface area contributed by atoms with E-state index in [0.717, 1.165) is 32.8 Å². The van der Waals surface area contributed by atoms with Crippen molar-refractivity contribution >= 4 is 44.7 Å². The lowest BCUT2D eigenvalue weighted by atomic mass is 10.1. The van der Waals surface area contributed by atoms with Gasteiger partial charge in [-0.1, -0.05) is 66.7 Å². The van der Waals surface area contributed by atoms with Crippen LogP contribution in [0.1, 0.15) is 22.1 Å². The zero-order chi connectivity index (χ0) is 23.9. The standard InChI is InChI=1S/C29H21N3O3/c1-18(28(33)32-25-16-8-4-10-19(25)20-11-5-9-17-26(20)32)35-29(34)22-13-3-2-12-21(22)27-30-23-14-6-7-15-24(23)31-27/h2-18H,1H3,(H,30,31). The maximum Gasteiger partial charge on any atom is 0.339 e. The Hall–Kier alpha value is -4.71. The summed E-state index contributed by atoms with van der Waals surface area (Å²) in [5.74, 6) is -0.320. The van der Waals surface area contributed by atoms with E-state index in [0.29, 0.717) is 17.0 Å². The van der Waals surface area contributed by atoms with Crippen LogP contribution in [0.25, 0.3) is 44.2 Å². The third kappa shape index (κ3) is 3.47. The first-order valence-corrected chi connectivity index (χ1v) is 11.4. The summed E-state index contributed by atoms with van der Waals surface area (Å²) >= 11 is 0. The molecule has 0 bridgehead atoms.